The van der Waals surface area contributed by atoms with Crippen molar-refractivity contribution in [3.05, 3.63) is 53.3 Å². The number of aromatic nitrogens is 1. The molecule has 2 rings (SSSR count). The van der Waals surface area contributed by atoms with Crippen LogP contribution in [0.25, 0.3) is 5.69 Å². The van der Waals surface area contributed by atoms with Crippen LogP contribution in [-0.4, -0.2) is 15.6 Å². The monoisotopic (exact) mass is 269 g/mol. The van der Waals surface area contributed by atoms with Gasteiger partial charge in [0.2, 0.25) is 0 Å². The van der Waals surface area contributed by atoms with Gasteiger partial charge in [-0.05, 0) is 31.2 Å². The summed E-state index contributed by atoms with van der Waals surface area (Å²) in [6.07, 6.45) is -4.54. The number of alkyl halides is 3. The predicted molar refractivity (Wildman–Crippen MR) is 62.5 cm³/mol. The number of hydrogen-bond donors (Lipinski definition) is 1. The van der Waals surface area contributed by atoms with Crippen molar-refractivity contribution in [3.63, 3.8) is 0 Å². The summed E-state index contributed by atoms with van der Waals surface area (Å²) in [4.78, 5) is 11.1. The molecular formula is C13H10F3NO2. The van der Waals surface area contributed by atoms with Gasteiger partial charge in [-0.2, -0.15) is 13.2 Å². The Kier molecular flexibility index (Phi) is 3.09. The Balaban J connectivity index is 2.73. The van der Waals surface area contributed by atoms with Crippen LogP contribution in [0.2, 0.25) is 0 Å². The maximum Gasteiger partial charge on any atom is 0.431 e. The summed E-state index contributed by atoms with van der Waals surface area (Å²) in [5.74, 6) is -1.27. The number of aromatic carboxylic acids is 1. The number of para-hydroxylation sites is 1. The van der Waals surface area contributed by atoms with E-state index in [4.69, 9.17) is 5.11 Å². The van der Waals surface area contributed by atoms with Crippen molar-refractivity contribution in [2.24, 2.45) is 0 Å². The van der Waals surface area contributed by atoms with Crippen molar-refractivity contribution in [2.75, 3.05) is 0 Å². The summed E-state index contributed by atoms with van der Waals surface area (Å²) in [5.41, 5.74) is -0.739. The Hall–Kier alpha value is -2.24. The molecule has 1 aromatic heterocycles. The molecule has 0 aliphatic heterocycles. The van der Waals surface area contributed by atoms with Gasteiger partial charge in [0, 0.05) is 5.69 Å². The molecule has 2 aromatic rings. The molecule has 3 nitrogen and oxygen atoms in total. The molecular weight excluding hydrogens is 259 g/mol. The van der Waals surface area contributed by atoms with Gasteiger partial charge in [-0.3, -0.25) is 0 Å². The lowest BCUT2D eigenvalue weighted by Gasteiger charge is -2.15. The summed E-state index contributed by atoms with van der Waals surface area (Å²) >= 11 is 0. The maximum absolute atomic E-state index is 12.9. The standard InChI is InChI=1S/C13H10F3NO2/c1-8-6-7-11(13(14,15)16)17(8)10-5-3-2-4-9(10)12(18)19/h2-7H,1H3,(H,18,19). The van der Waals surface area contributed by atoms with E-state index in [-0.39, 0.29) is 11.3 Å². The summed E-state index contributed by atoms with van der Waals surface area (Å²) in [6, 6.07) is 7.85. The number of aryl methyl sites for hydroxylation is 1. The van der Waals surface area contributed by atoms with Gasteiger partial charge in [0.1, 0.15) is 5.69 Å². The second-order valence-corrected chi connectivity index (χ2v) is 4.02. The Morgan fingerprint density at radius 3 is 2.37 bits per heavy atom. The van der Waals surface area contributed by atoms with E-state index in [2.05, 4.69) is 0 Å². The molecule has 0 unspecified atom stereocenters. The smallest absolute Gasteiger partial charge is 0.431 e. The average Bonchev–Trinajstić information content (AvgIpc) is 2.70. The maximum atomic E-state index is 12.9. The van der Waals surface area contributed by atoms with Crippen molar-refractivity contribution in [3.8, 4) is 5.69 Å². The first-order valence-corrected chi connectivity index (χ1v) is 5.40. The Bertz CT molecular complexity index is 629. The molecule has 0 saturated carbocycles. The number of carboxylic acids is 1. The first-order chi connectivity index (χ1) is 8.82. The van der Waals surface area contributed by atoms with E-state index < -0.39 is 17.8 Å². The lowest BCUT2D eigenvalue weighted by atomic mass is 10.1. The molecule has 0 aliphatic carbocycles. The fraction of sp³-hybridized carbons (Fsp3) is 0.154. The number of carbonyl (C=O) groups is 1. The van der Waals surface area contributed by atoms with E-state index in [1.807, 2.05) is 0 Å². The zero-order valence-electron chi connectivity index (χ0n) is 9.90. The summed E-state index contributed by atoms with van der Waals surface area (Å²) in [7, 11) is 0. The third-order valence-corrected chi connectivity index (χ3v) is 2.74. The number of benzene rings is 1. The van der Waals surface area contributed by atoms with Crippen LogP contribution in [0.15, 0.2) is 36.4 Å². The van der Waals surface area contributed by atoms with Gasteiger partial charge in [0.05, 0.1) is 11.3 Å². The minimum atomic E-state index is -4.54. The fourth-order valence-corrected chi connectivity index (χ4v) is 1.93. The van der Waals surface area contributed by atoms with Crippen LogP contribution in [0, 0.1) is 6.92 Å². The highest BCUT2D eigenvalue weighted by Gasteiger charge is 2.35. The number of carboxylic acid groups (broad SMARTS) is 1. The first kappa shape index (κ1) is 13.2. The quantitative estimate of drug-likeness (QED) is 0.906. The molecule has 0 aliphatic rings. The Labute approximate surface area is 106 Å². The lowest BCUT2D eigenvalue weighted by Crippen LogP contribution is -2.15. The number of nitrogens with zero attached hydrogens (tertiary/aromatic N) is 1. The Morgan fingerprint density at radius 1 is 1.16 bits per heavy atom. The lowest BCUT2D eigenvalue weighted by molar-refractivity contribution is -0.142. The molecule has 1 N–H and O–H groups in total. The van der Waals surface area contributed by atoms with Crippen LogP contribution in [0.4, 0.5) is 13.2 Å². The highest BCUT2D eigenvalue weighted by Crippen LogP contribution is 2.33. The normalized spacial score (nSPS) is 11.6. The molecule has 0 radical (unpaired) electrons. The van der Waals surface area contributed by atoms with Gasteiger partial charge in [0.25, 0.3) is 0 Å². The fourth-order valence-electron chi connectivity index (χ4n) is 1.93. The van der Waals surface area contributed by atoms with Crippen LogP contribution in [0.5, 0.6) is 0 Å². The van der Waals surface area contributed by atoms with E-state index in [0.717, 1.165) is 10.6 Å². The van der Waals surface area contributed by atoms with Gasteiger partial charge in [0.15, 0.2) is 0 Å². The van der Waals surface area contributed by atoms with Crippen molar-refractivity contribution in [2.45, 2.75) is 13.1 Å². The Morgan fingerprint density at radius 2 is 1.79 bits per heavy atom. The SMILES string of the molecule is Cc1ccc(C(F)(F)F)n1-c1ccccc1C(=O)O. The summed E-state index contributed by atoms with van der Waals surface area (Å²) < 4.78 is 39.6. The van der Waals surface area contributed by atoms with Crippen LogP contribution in [0.3, 0.4) is 0 Å². The molecule has 1 heterocycles. The average molecular weight is 269 g/mol. The molecule has 0 fully saturated rings. The highest BCUT2D eigenvalue weighted by molar-refractivity contribution is 5.92. The predicted octanol–water partition coefficient (Wildman–Crippen LogP) is 3.50. The summed E-state index contributed by atoms with van der Waals surface area (Å²) in [6.45, 7) is 1.49. The van der Waals surface area contributed by atoms with Crippen LogP contribution < -0.4 is 0 Å². The minimum Gasteiger partial charge on any atom is -0.478 e. The van der Waals surface area contributed by atoms with Gasteiger partial charge in [-0.25, -0.2) is 4.79 Å². The molecule has 100 valence electrons. The topological polar surface area (TPSA) is 42.2 Å². The van der Waals surface area contributed by atoms with Crippen molar-refractivity contribution < 1.29 is 23.1 Å². The van der Waals surface area contributed by atoms with Crippen LogP contribution in [-0.2, 0) is 6.18 Å². The van der Waals surface area contributed by atoms with E-state index in [1.54, 1.807) is 0 Å². The van der Waals surface area contributed by atoms with E-state index in [1.165, 1.54) is 37.3 Å². The van der Waals surface area contributed by atoms with Crippen molar-refractivity contribution >= 4 is 5.97 Å². The molecule has 0 saturated heterocycles. The van der Waals surface area contributed by atoms with E-state index in [0.29, 0.717) is 5.69 Å². The van der Waals surface area contributed by atoms with Gasteiger partial charge in [-0.1, -0.05) is 12.1 Å². The van der Waals surface area contributed by atoms with Gasteiger partial charge >= 0.3 is 12.1 Å². The number of hydrogen-bond acceptors (Lipinski definition) is 1. The largest absolute Gasteiger partial charge is 0.478 e. The molecule has 0 bridgehead atoms. The molecule has 19 heavy (non-hydrogen) atoms. The third kappa shape index (κ3) is 2.33. The van der Waals surface area contributed by atoms with Crippen LogP contribution >= 0.6 is 0 Å². The second kappa shape index (κ2) is 4.46. The van der Waals surface area contributed by atoms with Crippen molar-refractivity contribution in [1.29, 1.82) is 0 Å². The molecule has 0 amide bonds. The number of rotatable bonds is 2. The number of halogens is 3. The first-order valence-electron chi connectivity index (χ1n) is 5.40. The summed E-state index contributed by atoms with van der Waals surface area (Å²) in [5, 5.41) is 9.05. The van der Waals surface area contributed by atoms with Gasteiger partial charge in [-0.15, -0.1) is 0 Å². The molecule has 0 atom stereocenters. The molecule has 6 heteroatoms. The van der Waals surface area contributed by atoms with E-state index in [9.17, 15) is 18.0 Å². The molecule has 0 spiro atoms. The third-order valence-electron chi connectivity index (χ3n) is 2.74. The zero-order valence-corrected chi connectivity index (χ0v) is 9.90. The molecule has 1 aromatic carbocycles. The van der Waals surface area contributed by atoms with Crippen molar-refractivity contribution in [1.82, 2.24) is 4.57 Å². The highest BCUT2D eigenvalue weighted by atomic mass is 19.4. The van der Waals surface area contributed by atoms with Gasteiger partial charge < -0.3 is 9.67 Å². The zero-order chi connectivity index (χ0) is 14.2. The minimum absolute atomic E-state index is 0.00447. The second-order valence-electron chi connectivity index (χ2n) is 4.02. The van der Waals surface area contributed by atoms with E-state index >= 15 is 0 Å². The van der Waals surface area contributed by atoms with Crippen LogP contribution in [0.1, 0.15) is 21.7 Å².